The maximum Gasteiger partial charge on any atom is 0.335 e. The Morgan fingerprint density at radius 3 is 2.93 bits per heavy atom. The molecule has 76 valence electrons. The number of aromatic carboxylic acids is 1. The van der Waals surface area contributed by atoms with E-state index in [1.807, 2.05) is 6.07 Å². The normalized spacial score (nSPS) is 10.1. The van der Waals surface area contributed by atoms with Crippen molar-refractivity contribution in [1.82, 2.24) is 0 Å². The maximum atomic E-state index is 13.1. The molecule has 0 heterocycles. The molecule has 1 aromatic rings. The van der Waals surface area contributed by atoms with Gasteiger partial charge in [0.2, 0.25) is 0 Å². The fraction of sp³-hybridized carbons (Fsp3) is 0.0909. The van der Waals surface area contributed by atoms with E-state index in [0.29, 0.717) is 0 Å². The molecule has 0 saturated heterocycles. The summed E-state index contributed by atoms with van der Waals surface area (Å²) in [4.78, 5) is 10.6. The number of hydrogen-bond acceptors (Lipinski definition) is 2. The first kappa shape index (κ1) is 10.9. The van der Waals surface area contributed by atoms with E-state index in [2.05, 4.69) is 0 Å². The second kappa shape index (κ2) is 4.91. The number of nitrogens with zero attached hydrogens (tertiary/aromatic N) is 1. The van der Waals surface area contributed by atoms with Crippen LogP contribution in [-0.2, 0) is 0 Å². The Hall–Kier alpha value is -2.15. The molecule has 0 aromatic heterocycles. The van der Waals surface area contributed by atoms with Gasteiger partial charge in [-0.15, -0.1) is 0 Å². The summed E-state index contributed by atoms with van der Waals surface area (Å²) in [5.74, 6) is -1.61. The Bertz CT molecular complexity index is 446. The van der Waals surface area contributed by atoms with E-state index >= 15 is 0 Å². The number of nitriles is 1. The van der Waals surface area contributed by atoms with Crippen molar-refractivity contribution in [3.63, 3.8) is 0 Å². The molecule has 0 radical (unpaired) electrons. The molecule has 0 aliphatic carbocycles. The lowest BCUT2D eigenvalue weighted by molar-refractivity contribution is 0.0697. The summed E-state index contributed by atoms with van der Waals surface area (Å²) in [5.41, 5.74) is 0.193. The molecule has 0 saturated carbocycles. The summed E-state index contributed by atoms with van der Waals surface area (Å²) >= 11 is 0. The summed E-state index contributed by atoms with van der Waals surface area (Å²) in [5, 5.41) is 16.9. The predicted octanol–water partition coefficient (Wildman–Crippen LogP) is 2.45. The van der Waals surface area contributed by atoms with Gasteiger partial charge in [0.05, 0.1) is 18.1 Å². The number of carboxylic acid groups (broad SMARTS) is 1. The fourth-order valence-electron chi connectivity index (χ4n) is 1.04. The van der Waals surface area contributed by atoms with Crippen LogP contribution in [-0.4, -0.2) is 11.1 Å². The molecule has 0 unspecified atom stereocenters. The molecule has 0 spiro atoms. The van der Waals surface area contributed by atoms with Gasteiger partial charge in [-0.2, -0.15) is 5.26 Å². The minimum absolute atomic E-state index is 0.0213. The number of rotatable bonds is 3. The molecule has 15 heavy (non-hydrogen) atoms. The zero-order valence-corrected chi connectivity index (χ0v) is 7.77. The summed E-state index contributed by atoms with van der Waals surface area (Å²) < 4.78 is 13.1. The van der Waals surface area contributed by atoms with E-state index < -0.39 is 11.8 Å². The van der Waals surface area contributed by atoms with Crippen molar-refractivity contribution in [2.24, 2.45) is 0 Å². The third-order valence-corrected chi connectivity index (χ3v) is 1.75. The number of carboxylic acids is 1. The highest BCUT2D eigenvalue weighted by Crippen LogP contribution is 2.12. The highest BCUT2D eigenvalue weighted by molar-refractivity contribution is 5.88. The fourth-order valence-corrected chi connectivity index (χ4v) is 1.04. The van der Waals surface area contributed by atoms with E-state index in [1.165, 1.54) is 24.3 Å². The van der Waals surface area contributed by atoms with Gasteiger partial charge in [-0.25, -0.2) is 9.18 Å². The van der Waals surface area contributed by atoms with Crippen LogP contribution in [0.1, 0.15) is 22.3 Å². The van der Waals surface area contributed by atoms with Crippen molar-refractivity contribution in [2.45, 2.75) is 6.42 Å². The van der Waals surface area contributed by atoms with E-state index in [1.54, 1.807) is 0 Å². The molecule has 4 heteroatoms. The third kappa shape index (κ3) is 2.92. The molecule has 0 atom stereocenters. The Kier molecular flexibility index (Phi) is 3.58. The Morgan fingerprint density at radius 1 is 1.60 bits per heavy atom. The molecule has 0 bridgehead atoms. The summed E-state index contributed by atoms with van der Waals surface area (Å²) in [7, 11) is 0. The van der Waals surface area contributed by atoms with Gasteiger partial charge in [0.1, 0.15) is 5.82 Å². The molecular formula is C11H8FNO2. The molecule has 0 aliphatic heterocycles. The van der Waals surface area contributed by atoms with Crippen LogP contribution in [0.5, 0.6) is 0 Å². The molecule has 1 N–H and O–H groups in total. The molecule has 0 amide bonds. The van der Waals surface area contributed by atoms with Crippen LogP contribution in [0.25, 0.3) is 6.08 Å². The lowest BCUT2D eigenvalue weighted by Crippen LogP contribution is -1.97. The molecule has 0 fully saturated rings. The molecule has 1 rings (SSSR count). The van der Waals surface area contributed by atoms with Crippen molar-refractivity contribution >= 4 is 12.0 Å². The SMILES string of the molecule is N#CCC=Cc1cc(C(=O)O)ccc1F. The number of carbonyl (C=O) groups is 1. The van der Waals surface area contributed by atoms with Gasteiger partial charge in [0, 0.05) is 5.56 Å². The van der Waals surface area contributed by atoms with Crippen molar-refractivity contribution < 1.29 is 14.3 Å². The topological polar surface area (TPSA) is 61.1 Å². The van der Waals surface area contributed by atoms with Crippen molar-refractivity contribution in [3.05, 3.63) is 41.2 Å². The van der Waals surface area contributed by atoms with E-state index in [0.717, 1.165) is 6.07 Å². The van der Waals surface area contributed by atoms with Crippen molar-refractivity contribution in [3.8, 4) is 6.07 Å². The zero-order chi connectivity index (χ0) is 11.3. The van der Waals surface area contributed by atoms with Crippen LogP contribution in [0.2, 0.25) is 0 Å². The standard InChI is InChI=1S/C11H8FNO2/c12-10-5-4-9(11(14)15)7-8(10)3-1-2-6-13/h1,3-5,7H,2H2,(H,14,15). The maximum absolute atomic E-state index is 13.1. The minimum Gasteiger partial charge on any atom is -0.478 e. The Morgan fingerprint density at radius 2 is 2.33 bits per heavy atom. The lowest BCUT2D eigenvalue weighted by atomic mass is 10.1. The second-order valence-corrected chi connectivity index (χ2v) is 2.81. The van der Waals surface area contributed by atoms with Gasteiger partial charge in [0.15, 0.2) is 0 Å². The summed E-state index contributed by atoms with van der Waals surface area (Å²) in [6.45, 7) is 0. The van der Waals surface area contributed by atoms with Gasteiger partial charge >= 0.3 is 5.97 Å². The van der Waals surface area contributed by atoms with Gasteiger partial charge in [0.25, 0.3) is 0 Å². The monoisotopic (exact) mass is 205 g/mol. The number of halogens is 1. The Labute approximate surface area is 86.1 Å². The third-order valence-electron chi connectivity index (χ3n) is 1.75. The highest BCUT2D eigenvalue weighted by atomic mass is 19.1. The van der Waals surface area contributed by atoms with E-state index in [4.69, 9.17) is 10.4 Å². The number of benzene rings is 1. The first-order valence-electron chi connectivity index (χ1n) is 4.21. The van der Waals surface area contributed by atoms with Gasteiger partial charge in [-0.1, -0.05) is 12.2 Å². The summed E-state index contributed by atoms with van der Waals surface area (Å²) in [6.07, 6.45) is 3.03. The zero-order valence-electron chi connectivity index (χ0n) is 7.77. The van der Waals surface area contributed by atoms with Crippen molar-refractivity contribution in [1.29, 1.82) is 5.26 Å². The van der Waals surface area contributed by atoms with Crippen LogP contribution in [0.3, 0.4) is 0 Å². The molecule has 0 aliphatic rings. The van der Waals surface area contributed by atoms with Crippen LogP contribution >= 0.6 is 0 Å². The average molecular weight is 205 g/mol. The number of allylic oxidation sites excluding steroid dienone is 1. The lowest BCUT2D eigenvalue weighted by Gasteiger charge is -1.98. The highest BCUT2D eigenvalue weighted by Gasteiger charge is 2.05. The van der Waals surface area contributed by atoms with Crippen LogP contribution in [0, 0.1) is 17.1 Å². The second-order valence-electron chi connectivity index (χ2n) is 2.81. The molecule has 1 aromatic carbocycles. The predicted molar refractivity (Wildman–Crippen MR) is 52.6 cm³/mol. The number of hydrogen-bond donors (Lipinski definition) is 1. The van der Waals surface area contributed by atoms with Gasteiger partial charge in [-0.3, -0.25) is 0 Å². The van der Waals surface area contributed by atoms with Crippen LogP contribution in [0.15, 0.2) is 24.3 Å². The largest absolute Gasteiger partial charge is 0.478 e. The van der Waals surface area contributed by atoms with Gasteiger partial charge in [-0.05, 0) is 18.2 Å². The average Bonchev–Trinajstić information content (AvgIpc) is 2.20. The summed E-state index contributed by atoms with van der Waals surface area (Å²) in [6, 6.07) is 5.38. The molecular weight excluding hydrogens is 197 g/mol. The molecule has 3 nitrogen and oxygen atoms in total. The van der Waals surface area contributed by atoms with E-state index in [-0.39, 0.29) is 17.5 Å². The van der Waals surface area contributed by atoms with Crippen LogP contribution in [0.4, 0.5) is 4.39 Å². The first-order chi connectivity index (χ1) is 7.15. The van der Waals surface area contributed by atoms with E-state index in [9.17, 15) is 9.18 Å². The quantitative estimate of drug-likeness (QED) is 0.824. The van der Waals surface area contributed by atoms with Crippen molar-refractivity contribution in [2.75, 3.05) is 0 Å². The minimum atomic E-state index is -1.11. The first-order valence-corrected chi connectivity index (χ1v) is 4.21. The smallest absolute Gasteiger partial charge is 0.335 e. The van der Waals surface area contributed by atoms with Gasteiger partial charge < -0.3 is 5.11 Å². The Balaban J connectivity index is 3.01. The van der Waals surface area contributed by atoms with Crippen LogP contribution < -0.4 is 0 Å².